The average Bonchev–Trinajstić information content (AvgIpc) is 2.20. The summed E-state index contributed by atoms with van der Waals surface area (Å²) >= 11 is 0. The number of rotatable bonds is 1. The fourth-order valence-corrected chi connectivity index (χ4v) is 1.44. The number of aromatic hydroxyl groups is 1. The molecule has 0 aliphatic rings. The van der Waals surface area contributed by atoms with Crippen molar-refractivity contribution in [3.8, 4) is 16.9 Å². The molecule has 0 fully saturated rings. The van der Waals surface area contributed by atoms with Crippen molar-refractivity contribution < 1.29 is 5.11 Å². The van der Waals surface area contributed by atoms with Crippen LogP contribution < -0.4 is 5.73 Å². The molecular formula is C12H11NORf. The molecule has 3 heteroatoms. The zero-order valence-electron chi connectivity index (χ0n) is 8.35. The standard InChI is InChI=1S/C12H11NO.Rf/c13-11-7-3-1-5-9(11)10-6-2-4-8-12(10)14;/h1-8,14H,13H2;. The van der Waals surface area contributed by atoms with E-state index in [-0.39, 0.29) is 5.75 Å². The Balaban J connectivity index is 0.00000112. The van der Waals surface area contributed by atoms with Gasteiger partial charge in [-0.05, 0) is 12.1 Å². The molecule has 2 aromatic carbocycles. The van der Waals surface area contributed by atoms with Crippen LogP contribution in [0.5, 0.6) is 5.75 Å². The van der Waals surface area contributed by atoms with Crippen LogP contribution in [-0.4, -0.2) is 5.11 Å². The van der Waals surface area contributed by atoms with Gasteiger partial charge >= 0.3 is 0 Å². The van der Waals surface area contributed by atoms with E-state index in [4.69, 9.17) is 5.73 Å². The Hall–Kier alpha value is -2.96. The van der Waals surface area contributed by atoms with Crippen molar-refractivity contribution in [1.29, 1.82) is 0 Å². The van der Waals surface area contributed by atoms with Gasteiger partial charge in [0.25, 0.3) is 0 Å². The fraction of sp³-hybridized carbons (Fsp3) is 0. The average molecular weight is 452 g/mol. The van der Waals surface area contributed by atoms with E-state index in [1.807, 2.05) is 36.4 Å². The Labute approximate surface area is 82.6 Å². The van der Waals surface area contributed by atoms with E-state index < -0.39 is 0 Å². The summed E-state index contributed by atoms with van der Waals surface area (Å²) in [6.07, 6.45) is 0. The van der Waals surface area contributed by atoms with Gasteiger partial charge in [-0.2, -0.15) is 0 Å². The van der Waals surface area contributed by atoms with Crippen molar-refractivity contribution >= 4 is 5.69 Å². The van der Waals surface area contributed by atoms with Gasteiger partial charge < -0.3 is 10.8 Å². The monoisotopic (exact) mass is 452 g/mol. The first-order valence-electron chi connectivity index (χ1n) is 4.42. The number of phenolic OH excluding ortho intramolecular Hbond substituents is 1. The number of anilines is 1. The van der Waals surface area contributed by atoms with E-state index in [0.29, 0.717) is 5.69 Å². The first-order valence-corrected chi connectivity index (χ1v) is 4.42. The Kier molecular flexibility index (Phi) is 2.59. The van der Waals surface area contributed by atoms with Crippen molar-refractivity contribution in [1.82, 2.24) is 0 Å². The molecule has 2 nitrogen and oxygen atoms in total. The van der Waals surface area contributed by atoms with Crippen LogP contribution in [0, 0.1) is 0 Å². The minimum Gasteiger partial charge on any atom is -0.507 e. The van der Waals surface area contributed by atoms with Crippen molar-refractivity contribution in [3.63, 3.8) is 0 Å². The maximum absolute atomic E-state index is 9.63. The van der Waals surface area contributed by atoms with Gasteiger partial charge in [0.2, 0.25) is 0 Å². The Bertz CT molecular complexity index is 413. The van der Waals surface area contributed by atoms with Gasteiger partial charge in [-0.3, -0.25) is 0 Å². The smallest absolute Gasteiger partial charge is 0.123 e. The summed E-state index contributed by atoms with van der Waals surface area (Å²) in [5.74, 6) is 0.255. The van der Waals surface area contributed by atoms with Crippen LogP contribution >= 0.6 is 0 Å². The topological polar surface area (TPSA) is 46.2 Å². The van der Waals surface area contributed by atoms with Gasteiger partial charge in [-0.25, -0.2) is 0 Å². The van der Waals surface area contributed by atoms with Gasteiger partial charge in [0.15, 0.2) is 0 Å². The summed E-state index contributed by atoms with van der Waals surface area (Å²) in [5.41, 5.74) is 8.12. The Morgan fingerprint density at radius 3 is 1.93 bits per heavy atom. The van der Waals surface area contributed by atoms with Crippen LogP contribution in [0.3, 0.4) is 0 Å². The van der Waals surface area contributed by atoms with Crippen LogP contribution in [0.25, 0.3) is 11.1 Å². The van der Waals surface area contributed by atoms with Crippen LogP contribution in [-0.2, 0) is 0 Å². The summed E-state index contributed by atoms with van der Waals surface area (Å²) in [5, 5.41) is 9.63. The zero-order valence-corrected chi connectivity index (χ0v) is 14.7. The van der Waals surface area contributed by atoms with Crippen molar-refractivity contribution in [2.45, 2.75) is 0 Å². The van der Waals surface area contributed by atoms with Crippen LogP contribution in [0.2, 0.25) is 0 Å². The van der Waals surface area contributed by atoms with E-state index in [1.54, 1.807) is 12.1 Å². The summed E-state index contributed by atoms with van der Waals surface area (Å²) in [6.45, 7) is 0. The Morgan fingerprint density at radius 1 is 0.800 bits per heavy atom. The van der Waals surface area contributed by atoms with Crippen molar-refractivity contribution in [2.75, 3.05) is 5.73 Å². The fourth-order valence-electron chi connectivity index (χ4n) is 1.44. The van der Waals surface area contributed by atoms with E-state index >= 15 is 0 Å². The number of hydrogen-bond acceptors (Lipinski definition) is 2. The number of phenols is 1. The molecule has 0 amide bonds. The molecule has 0 saturated heterocycles. The molecule has 15 heavy (non-hydrogen) atoms. The minimum absolute atomic E-state index is 0. The van der Waals surface area contributed by atoms with Crippen LogP contribution in [0.1, 0.15) is 0 Å². The predicted octanol–water partition coefficient (Wildman–Crippen LogP) is 2.64. The first-order chi connectivity index (χ1) is 6.79. The molecule has 72 valence electrons. The second-order valence-corrected chi connectivity index (χ2v) is 3.10. The van der Waals surface area contributed by atoms with Gasteiger partial charge in [0.05, 0.1) is 0 Å². The quantitative estimate of drug-likeness (QED) is 0.654. The summed E-state index contributed by atoms with van der Waals surface area (Å²) in [6, 6.07) is 14.7. The molecule has 0 unspecified atom stereocenters. The zero-order chi connectivity index (χ0) is 9.97. The minimum atomic E-state index is 0. The number of hydrogen-bond donors (Lipinski definition) is 2. The Morgan fingerprint density at radius 2 is 1.33 bits per heavy atom. The number of benzene rings is 2. The van der Waals surface area contributed by atoms with E-state index in [0.717, 1.165) is 11.1 Å². The third kappa shape index (κ3) is 1.70. The molecule has 0 spiro atoms. The normalized spacial score (nSPS) is 9.33. The van der Waals surface area contributed by atoms with E-state index in [1.165, 1.54) is 0 Å². The molecule has 0 atom stereocenters. The number of nitrogens with two attached hydrogens (primary N) is 1. The van der Waals surface area contributed by atoms with E-state index in [2.05, 4.69) is 0 Å². The number of para-hydroxylation sites is 2. The molecule has 0 saturated carbocycles. The molecule has 0 radical (unpaired) electrons. The maximum atomic E-state index is 9.63. The third-order valence-electron chi connectivity index (χ3n) is 2.16. The number of nitrogen functional groups attached to an aromatic ring is 1. The molecule has 2 aromatic rings. The summed E-state index contributed by atoms with van der Waals surface area (Å²) in [7, 11) is 0. The maximum Gasteiger partial charge on any atom is 0.123 e. The third-order valence-corrected chi connectivity index (χ3v) is 2.16. The van der Waals surface area contributed by atoms with Gasteiger partial charge in [0, 0.05) is 16.8 Å². The molecule has 0 aromatic heterocycles. The second-order valence-electron chi connectivity index (χ2n) is 3.10. The van der Waals surface area contributed by atoms with Crippen molar-refractivity contribution in [3.05, 3.63) is 48.5 Å². The van der Waals surface area contributed by atoms with Crippen LogP contribution in [0.4, 0.5) is 5.69 Å². The van der Waals surface area contributed by atoms with Crippen molar-refractivity contribution in [2.24, 2.45) is 0 Å². The molecule has 3 N–H and O–H groups in total. The van der Waals surface area contributed by atoms with Crippen LogP contribution in [0.15, 0.2) is 48.5 Å². The molecule has 0 bridgehead atoms. The molecular weight excluding hydrogens is 441 g/mol. The molecule has 0 heterocycles. The predicted molar refractivity (Wildman–Crippen MR) is 58.0 cm³/mol. The molecule has 2 rings (SSSR count). The first kappa shape index (κ1) is 10.1. The summed E-state index contributed by atoms with van der Waals surface area (Å²) < 4.78 is 0. The molecule has 0 aliphatic carbocycles. The molecule has 0 aliphatic heterocycles. The SMILES string of the molecule is Nc1ccccc1-c1ccccc1O.[Rf]. The van der Waals surface area contributed by atoms with Gasteiger partial charge in [-0.15, -0.1) is 0 Å². The second kappa shape index (κ2) is 3.83. The largest absolute Gasteiger partial charge is 0.507 e. The van der Waals surface area contributed by atoms with Gasteiger partial charge in [0.1, 0.15) is 5.75 Å². The summed E-state index contributed by atoms with van der Waals surface area (Å²) in [4.78, 5) is 0. The van der Waals surface area contributed by atoms with Gasteiger partial charge in [-0.1, -0.05) is 36.4 Å². The van der Waals surface area contributed by atoms with E-state index in [9.17, 15) is 5.11 Å².